The van der Waals surface area contributed by atoms with Crippen LogP contribution in [-0.4, -0.2) is 17.7 Å². The van der Waals surface area contributed by atoms with Gasteiger partial charge in [-0.05, 0) is 25.3 Å². The molecule has 1 N–H and O–H groups in total. The van der Waals surface area contributed by atoms with E-state index in [4.69, 9.17) is 15.3 Å². The molecular weight excluding hydrogens is 380 g/mol. The molecule has 1 heterocycles. The van der Waals surface area contributed by atoms with E-state index in [1.165, 1.54) is 32.1 Å². The maximum Gasteiger partial charge on any atom is 0.185 e. The van der Waals surface area contributed by atoms with E-state index in [1.807, 2.05) is 6.07 Å². The van der Waals surface area contributed by atoms with Gasteiger partial charge >= 0.3 is 0 Å². The highest BCUT2D eigenvalue weighted by Gasteiger charge is 2.12. The molecule has 0 radical (unpaired) electrons. The molecule has 0 aliphatic heterocycles. The Balaban J connectivity index is 2.20. The van der Waals surface area contributed by atoms with Crippen LogP contribution in [0.5, 0.6) is 5.75 Å². The number of nitrogens with zero attached hydrogens (tertiary/aromatic N) is 3. The average molecular weight is 419 g/mol. The molecule has 0 amide bonds. The number of hydrogen-bond donors (Lipinski definition) is 1. The number of rotatable bonds is 15. The number of thiazole rings is 1. The average Bonchev–Trinajstić information content (AvgIpc) is 3.07. The Bertz CT molecular complexity index is 809. The fraction of sp³-hybridized carbons (Fsp3) is 0.696. The van der Waals surface area contributed by atoms with Gasteiger partial charge < -0.3 is 9.30 Å². The van der Waals surface area contributed by atoms with Crippen LogP contribution in [0.15, 0.2) is 22.2 Å². The number of hydrogen-bond acceptors (Lipinski definition) is 5. The smallest absolute Gasteiger partial charge is 0.185 e. The number of aryl methyl sites for hydroxylation is 1. The molecule has 0 saturated heterocycles. The monoisotopic (exact) mass is 418 g/mol. The van der Waals surface area contributed by atoms with Crippen molar-refractivity contribution in [3.05, 3.63) is 16.9 Å². The zero-order chi connectivity index (χ0) is 20.9. The highest BCUT2D eigenvalue weighted by atomic mass is 32.1. The van der Waals surface area contributed by atoms with Crippen molar-refractivity contribution in [1.29, 1.82) is 5.53 Å². The lowest BCUT2D eigenvalue weighted by Gasteiger charge is -2.10. The van der Waals surface area contributed by atoms with Crippen molar-refractivity contribution in [1.82, 2.24) is 4.57 Å². The lowest BCUT2D eigenvalue weighted by molar-refractivity contribution is 0.305. The molecule has 1 aromatic carbocycles. The number of fused-ring (bicyclic) bond motifs is 1. The number of ether oxygens (including phenoxy) is 1. The van der Waals surface area contributed by atoms with Gasteiger partial charge in [0.15, 0.2) is 4.80 Å². The van der Waals surface area contributed by atoms with Crippen LogP contribution >= 0.6 is 11.3 Å². The summed E-state index contributed by atoms with van der Waals surface area (Å²) in [6, 6.07) is 4.07. The van der Waals surface area contributed by atoms with Gasteiger partial charge in [-0.1, -0.05) is 77.1 Å². The van der Waals surface area contributed by atoms with Crippen LogP contribution < -0.4 is 9.54 Å². The Hall–Kier alpha value is -1.69. The third kappa shape index (κ3) is 7.25. The summed E-state index contributed by atoms with van der Waals surface area (Å²) in [5.74, 6) is 0.726. The predicted octanol–water partition coefficient (Wildman–Crippen LogP) is 7.61. The quantitative estimate of drug-likeness (QED) is 0.235. The van der Waals surface area contributed by atoms with Crippen LogP contribution in [0, 0.1) is 5.53 Å². The largest absolute Gasteiger partial charge is 0.491 e. The van der Waals surface area contributed by atoms with Crippen molar-refractivity contribution in [2.75, 3.05) is 13.2 Å². The van der Waals surface area contributed by atoms with E-state index >= 15 is 0 Å². The maximum absolute atomic E-state index is 7.58. The Kier molecular flexibility index (Phi) is 11.0. The fourth-order valence-corrected chi connectivity index (χ4v) is 4.43. The second-order valence-corrected chi connectivity index (χ2v) is 8.65. The zero-order valence-corrected chi connectivity index (χ0v) is 19.3. The second kappa shape index (κ2) is 13.5. The molecule has 0 unspecified atom stereocenters. The molecule has 5 nitrogen and oxygen atoms in total. The predicted molar refractivity (Wildman–Crippen MR) is 124 cm³/mol. The molecule has 6 heteroatoms. The van der Waals surface area contributed by atoms with Crippen LogP contribution in [0.25, 0.3) is 10.2 Å². The van der Waals surface area contributed by atoms with Crippen molar-refractivity contribution in [3.63, 3.8) is 0 Å². The number of aromatic nitrogens is 1. The van der Waals surface area contributed by atoms with E-state index in [2.05, 4.69) is 36.5 Å². The van der Waals surface area contributed by atoms with Crippen molar-refractivity contribution in [2.45, 2.75) is 91.5 Å². The molecule has 29 heavy (non-hydrogen) atoms. The molecule has 0 fully saturated rings. The molecule has 0 atom stereocenters. The van der Waals surface area contributed by atoms with Gasteiger partial charge in [0.25, 0.3) is 0 Å². The van der Waals surface area contributed by atoms with E-state index in [9.17, 15) is 0 Å². The minimum atomic E-state index is 0.618. The lowest BCUT2D eigenvalue weighted by Crippen LogP contribution is -2.15. The molecule has 0 aliphatic rings. The third-order valence-electron chi connectivity index (χ3n) is 5.13. The van der Waals surface area contributed by atoms with Crippen molar-refractivity contribution in [2.24, 2.45) is 10.1 Å². The van der Waals surface area contributed by atoms with Crippen molar-refractivity contribution >= 4 is 27.2 Å². The summed E-state index contributed by atoms with van der Waals surface area (Å²) in [6.45, 7) is 9.18. The highest BCUT2D eigenvalue weighted by molar-refractivity contribution is 7.16. The summed E-state index contributed by atoms with van der Waals surface area (Å²) in [5.41, 5.74) is 9.35. The minimum Gasteiger partial charge on any atom is -0.491 e. The molecule has 0 aliphatic carbocycles. The standard InChI is InChI=1S/C23H38N4OS/c1-4-7-10-11-12-13-16-28-21-18-20-22(17-19(21)26-24)29-23(25-14-8-5-2)27(20)15-9-6-3/h17-18,24H,4-16H2,1-3H3/b25-23+,26-24?. The van der Waals surface area contributed by atoms with Gasteiger partial charge in [0.2, 0.25) is 0 Å². The van der Waals surface area contributed by atoms with Gasteiger partial charge in [-0.3, -0.25) is 4.99 Å². The number of nitrogens with one attached hydrogen (secondary N) is 1. The third-order valence-corrected chi connectivity index (χ3v) is 6.21. The summed E-state index contributed by atoms with van der Waals surface area (Å²) in [4.78, 5) is 5.92. The van der Waals surface area contributed by atoms with E-state index in [-0.39, 0.29) is 0 Å². The number of benzene rings is 1. The van der Waals surface area contributed by atoms with Gasteiger partial charge in [-0.2, -0.15) is 5.11 Å². The van der Waals surface area contributed by atoms with Crippen molar-refractivity contribution < 1.29 is 4.74 Å². The van der Waals surface area contributed by atoms with Crippen LogP contribution in [0.3, 0.4) is 0 Å². The van der Waals surface area contributed by atoms with Crippen LogP contribution in [-0.2, 0) is 6.54 Å². The van der Waals surface area contributed by atoms with Gasteiger partial charge in [-0.25, -0.2) is 5.53 Å². The Labute approximate surface area is 179 Å². The van der Waals surface area contributed by atoms with E-state index < -0.39 is 0 Å². The van der Waals surface area contributed by atoms with Gasteiger partial charge in [0.1, 0.15) is 11.4 Å². The Morgan fingerprint density at radius 2 is 1.66 bits per heavy atom. The molecular formula is C23H38N4OS. The van der Waals surface area contributed by atoms with E-state index in [0.717, 1.165) is 66.0 Å². The molecule has 2 rings (SSSR count). The first-order chi connectivity index (χ1) is 14.2. The molecule has 162 valence electrons. The van der Waals surface area contributed by atoms with E-state index in [0.29, 0.717) is 12.3 Å². The Morgan fingerprint density at radius 1 is 0.931 bits per heavy atom. The number of unbranched alkanes of at least 4 members (excludes halogenated alkanes) is 7. The van der Waals surface area contributed by atoms with Gasteiger partial charge in [-0.15, -0.1) is 0 Å². The normalized spacial score (nSPS) is 12.0. The molecule has 2 aromatic rings. The first-order valence-corrected chi connectivity index (χ1v) is 12.2. The molecule has 1 aromatic heterocycles. The first-order valence-electron chi connectivity index (χ1n) is 11.4. The summed E-state index contributed by atoms with van der Waals surface area (Å²) >= 11 is 1.70. The van der Waals surface area contributed by atoms with Crippen LogP contribution in [0.4, 0.5) is 5.69 Å². The topological polar surface area (TPSA) is 62.7 Å². The zero-order valence-electron chi connectivity index (χ0n) is 18.5. The van der Waals surface area contributed by atoms with Crippen LogP contribution in [0.2, 0.25) is 0 Å². The van der Waals surface area contributed by atoms with Crippen LogP contribution in [0.1, 0.15) is 85.0 Å². The fourth-order valence-electron chi connectivity index (χ4n) is 3.34. The summed E-state index contributed by atoms with van der Waals surface area (Å²) in [5, 5.41) is 3.73. The second-order valence-electron chi connectivity index (χ2n) is 7.64. The van der Waals surface area contributed by atoms with E-state index in [1.54, 1.807) is 11.3 Å². The van der Waals surface area contributed by atoms with Gasteiger partial charge in [0.05, 0.1) is 16.8 Å². The van der Waals surface area contributed by atoms with Gasteiger partial charge in [0, 0.05) is 19.2 Å². The lowest BCUT2D eigenvalue weighted by atomic mass is 10.1. The molecule has 0 spiro atoms. The highest BCUT2D eigenvalue weighted by Crippen LogP contribution is 2.34. The van der Waals surface area contributed by atoms with Crippen molar-refractivity contribution in [3.8, 4) is 5.75 Å². The first kappa shape index (κ1) is 23.6. The summed E-state index contributed by atoms with van der Waals surface area (Å²) < 4.78 is 9.51. The maximum atomic E-state index is 7.58. The summed E-state index contributed by atoms with van der Waals surface area (Å²) in [6.07, 6.45) is 12.0. The SMILES string of the molecule is CCCCCCCCOc1cc2c(cc1N=N)s/c(=N/CCCC)n2CCCC. The Morgan fingerprint density at radius 3 is 2.38 bits per heavy atom. The minimum absolute atomic E-state index is 0.618. The molecule has 0 bridgehead atoms. The summed E-state index contributed by atoms with van der Waals surface area (Å²) in [7, 11) is 0. The molecule has 0 saturated carbocycles.